The third kappa shape index (κ3) is 5.18. The lowest BCUT2D eigenvalue weighted by molar-refractivity contribution is -0.0330. The van der Waals surface area contributed by atoms with Crippen molar-refractivity contribution in [1.82, 2.24) is 15.7 Å². The molecule has 1 aliphatic heterocycles. The molecule has 0 bridgehead atoms. The van der Waals surface area contributed by atoms with Crippen LogP contribution in [0.3, 0.4) is 0 Å². The normalized spacial score (nSPS) is 14.1. The molecular formula is C9H22N6. The minimum Gasteiger partial charge on any atom is -0.272 e. The van der Waals surface area contributed by atoms with Crippen LogP contribution in [0.2, 0.25) is 0 Å². The van der Waals surface area contributed by atoms with Crippen LogP contribution in [0.5, 0.6) is 0 Å². The second kappa shape index (κ2) is 9.21. The van der Waals surface area contributed by atoms with E-state index < -0.39 is 0 Å². The second-order valence-corrected chi connectivity index (χ2v) is 3.26. The maximum Gasteiger partial charge on any atom is 0.129 e. The van der Waals surface area contributed by atoms with Gasteiger partial charge in [-0.15, -0.1) is 5.12 Å². The van der Waals surface area contributed by atoms with Gasteiger partial charge < -0.3 is 0 Å². The van der Waals surface area contributed by atoms with E-state index >= 15 is 0 Å². The molecule has 0 radical (unpaired) electrons. The van der Waals surface area contributed by atoms with Gasteiger partial charge in [0.05, 0.1) is 0 Å². The van der Waals surface area contributed by atoms with Crippen molar-refractivity contribution in [3.63, 3.8) is 0 Å². The molecule has 0 aliphatic carbocycles. The van der Waals surface area contributed by atoms with E-state index in [0.29, 0.717) is 12.1 Å². The predicted octanol–water partition coefficient (Wildman–Crippen LogP) is 1.84. The highest BCUT2D eigenvalue weighted by Crippen LogP contribution is 2.07. The molecule has 1 rings (SSSR count). The highest BCUT2D eigenvalue weighted by atomic mass is 15.9. The molecule has 0 saturated heterocycles. The molecule has 1 aliphatic rings. The molecule has 0 aromatic carbocycles. The van der Waals surface area contributed by atoms with Crippen LogP contribution >= 0.6 is 0 Å². The Labute approximate surface area is 92.3 Å². The van der Waals surface area contributed by atoms with Gasteiger partial charge in [-0.25, -0.2) is 5.53 Å². The molecule has 0 atom stereocenters. The molecule has 88 valence electrons. The molecule has 1 N–H and O–H groups in total. The fraction of sp³-hybridized carbons (Fsp3) is 0.889. The van der Waals surface area contributed by atoms with Crippen molar-refractivity contribution in [1.29, 1.82) is 10.8 Å². The summed E-state index contributed by atoms with van der Waals surface area (Å²) in [5, 5.41) is 20.0. The van der Waals surface area contributed by atoms with Crippen LogP contribution in [0.4, 0.5) is 0 Å². The molecule has 6 nitrogen and oxygen atoms in total. The molecule has 1 heterocycles. The standard InChI is InChI=1S/C7H16N4.C2H6.N2/c1-6(2)10-5-8-9-11(10)7(3)4;2*1-2/h5-7,9H,1-4H3;1-2H3;. The number of rotatable bonds is 2. The molecular weight excluding hydrogens is 192 g/mol. The maximum absolute atomic E-state index is 6.00. The van der Waals surface area contributed by atoms with Gasteiger partial charge in [0.15, 0.2) is 0 Å². The first-order chi connectivity index (χ1) is 7.13. The molecule has 0 unspecified atom stereocenters. The fourth-order valence-corrected chi connectivity index (χ4v) is 1.02. The summed E-state index contributed by atoms with van der Waals surface area (Å²) >= 11 is 0. The van der Waals surface area contributed by atoms with Crippen LogP contribution in [-0.2, 0) is 0 Å². The predicted molar refractivity (Wildman–Crippen MR) is 60.4 cm³/mol. The number of hydrazone groups is 1. The summed E-state index contributed by atoms with van der Waals surface area (Å²) < 4.78 is 0. The van der Waals surface area contributed by atoms with E-state index in [1.807, 2.05) is 25.3 Å². The summed E-state index contributed by atoms with van der Waals surface area (Å²) in [5.41, 5.74) is 2.92. The van der Waals surface area contributed by atoms with Gasteiger partial charge in [-0.1, -0.05) is 13.8 Å². The minimum atomic E-state index is 0.430. The Morgan fingerprint density at radius 2 is 1.53 bits per heavy atom. The van der Waals surface area contributed by atoms with E-state index in [2.05, 4.69) is 43.3 Å². The highest BCUT2D eigenvalue weighted by Gasteiger charge is 2.21. The molecule has 15 heavy (non-hydrogen) atoms. The van der Waals surface area contributed by atoms with Crippen LogP contribution in [-0.4, -0.2) is 28.5 Å². The Bertz CT molecular complexity index is 186. The molecule has 0 amide bonds. The number of nitrogens with one attached hydrogen (secondary N) is 1. The van der Waals surface area contributed by atoms with E-state index in [9.17, 15) is 0 Å². The molecule has 0 aromatic rings. The van der Waals surface area contributed by atoms with Gasteiger partial charge in [0.1, 0.15) is 6.34 Å². The molecule has 6 heteroatoms. The van der Waals surface area contributed by atoms with Crippen molar-refractivity contribution in [2.75, 3.05) is 0 Å². The number of hydrogen-bond acceptors (Lipinski definition) is 6. The Balaban J connectivity index is 0. The van der Waals surface area contributed by atoms with Crippen molar-refractivity contribution in [3.05, 3.63) is 0 Å². The van der Waals surface area contributed by atoms with Crippen LogP contribution < -0.4 is 5.53 Å². The molecule has 0 fully saturated rings. The SMILES string of the molecule is CC.CC(C)N1C=NNN1C(C)C.N#N. The van der Waals surface area contributed by atoms with Crippen LogP contribution in [0.1, 0.15) is 41.5 Å². The minimum absolute atomic E-state index is 0.430. The summed E-state index contributed by atoms with van der Waals surface area (Å²) in [7, 11) is 0. The van der Waals surface area contributed by atoms with Crippen LogP contribution in [0.25, 0.3) is 0 Å². The molecule has 0 aromatic heterocycles. The van der Waals surface area contributed by atoms with E-state index in [-0.39, 0.29) is 0 Å². The largest absolute Gasteiger partial charge is 0.272 e. The molecule has 0 saturated carbocycles. The van der Waals surface area contributed by atoms with Crippen molar-refractivity contribution < 1.29 is 0 Å². The second-order valence-electron chi connectivity index (χ2n) is 3.26. The van der Waals surface area contributed by atoms with Crippen molar-refractivity contribution >= 4 is 6.34 Å². The van der Waals surface area contributed by atoms with Gasteiger partial charge in [0.25, 0.3) is 0 Å². The lowest BCUT2D eigenvalue weighted by Crippen LogP contribution is -2.50. The fourth-order valence-electron chi connectivity index (χ4n) is 1.02. The average molecular weight is 214 g/mol. The van der Waals surface area contributed by atoms with E-state index in [1.54, 1.807) is 0 Å². The van der Waals surface area contributed by atoms with Gasteiger partial charge >= 0.3 is 0 Å². The number of nitrogens with zero attached hydrogens (tertiary/aromatic N) is 5. The van der Waals surface area contributed by atoms with Gasteiger partial charge in [0, 0.05) is 22.9 Å². The number of hydrazine groups is 2. The number of hydrogen-bond donors (Lipinski definition) is 1. The Morgan fingerprint density at radius 3 is 1.80 bits per heavy atom. The first-order valence-electron chi connectivity index (χ1n) is 5.19. The summed E-state index contributed by atoms with van der Waals surface area (Å²) in [5.74, 6) is 0. The van der Waals surface area contributed by atoms with Gasteiger partial charge in [-0.2, -0.15) is 5.10 Å². The van der Waals surface area contributed by atoms with Gasteiger partial charge in [-0.3, -0.25) is 5.01 Å². The highest BCUT2D eigenvalue weighted by molar-refractivity contribution is 5.55. The van der Waals surface area contributed by atoms with Crippen molar-refractivity contribution in [3.8, 4) is 0 Å². The quantitative estimate of drug-likeness (QED) is 0.709. The third-order valence-corrected chi connectivity index (χ3v) is 1.60. The van der Waals surface area contributed by atoms with E-state index in [0.717, 1.165) is 0 Å². The Hall–Kier alpha value is -1.35. The first-order valence-corrected chi connectivity index (χ1v) is 5.19. The van der Waals surface area contributed by atoms with Crippen LogP contribution in [0.15, 0.2) is 5.10 Å². The summed E-state index contributed by atoms with van der Waals surface area (Å²) in [6.07, 6.45) is 1.81. The van der Waals surface area contributed by atoms with Crippen molar-refractivity contribution in [2.24, 2.45) is 5.10 Å². The van der Waals surface area contributed by atoms with E-state index in [1.165, 1.54) is 0 Å². The summed E-state index contributed by atoms with van der Waals surface area (Å²) in [6, 6.07) is 0.885. The monoisotopic (exact) mass is 214 g/mol. The topological polar surface area (TPSA) is 78.4 Å². The zero-order valence-corrected chi connectivity index (χ0v) is 10.5. The smallest absolute Gasteiger partial charge is 0.129 e. The van der Waals surface area contributed by atoms with Gasteiger partial charge in [-0.05, 0) is 27.7 Å². The zero-order valence-electron chi connectivity index (χ0n) is 10.5. The van der Waals surface area contributed by atoms with E-state index in [4.69, 9.17) is 10.8 Å². The Morgan fingerprint density at radius 1 is 1.07 bits per heavy atom. The lowest BCUT2D eigenvalue weighted by Gasteiger charge is -2.32. The lowest BCUT2D eigenvalue weighted by atomic mass is 10.4. The van der Waals surface area contributed by atoms with Crippen molar-refractivity contribution in [2.45, 2.75) is 53.6 Å². The van der Waals surface area contributed by atoms with Gasteiger partial charge in [0.2, 0.25) is 0 Å². The third-order valence-electron chi connectivity index (χ3n) is 1.60. The zero-order chi connectivity index (χ0) is 12.4. The summed E-state index contributed by atoms with van der Waals surface area (Å²) in [6.45, 7) is 12.5. The Kier molecular flexibility index (Phi) is 9.89. The molecule has 0 spiro atoms. The first kappa shape index (κ1) is 16.1. The summed E-state index contributed by atoms with van der Waals surface area (Å²) in [4.78, 5) is 0. The average Bonchev–Trinajstić information content (AvgIpc) is 2.72. The maximum atomic E-state index is 6.00. The van der Waals surface area contributed by atoms with Crippen LogP contribution in [0, 0.1) is 10.8 Å².